The number of hydrogen-bond acceptors (Lipinski definition) is 9. The fourth-order valence-electron chi connectivity index (χ4n) is 6.31. The lowest BCUT2D eigenvalue weighted by molar-refractivity contribution is -0.688. The normalized spacial score (nSPS) is 19.6. The van der Waals surface area contributed by atoms with Crippen molar-refractivity contribution >= 4 is 49.0 Å². The van der Waals surface area contributed by atoms with Crippen LogP contribution < -0.4 is 4.57 Å². The summed E-state index contributed by atoms with van der Waals surface area (Å²) in [6.45, 7) is 10.9. The Morgan fingerprint density at radius 3 is 2.52 bits per heavy atom. The minimum atomic E-state index is -1.93. The molecule has 248 valence electrons. The summed E-state index contributed by atoms with van der Waals surface area (Å²) < 4.78 is 14.9. The van der Waals surface area contributed by atoms with E-state index in [9.17, 15) is 19.7 Å². The molecule has 1 amide bonds. The average Bonchev–Trinajstić information content (AvgIpc) is 3.61. The molecular formula is C35H37N4O6S2Si+. The highest BCUT2D eigenvalue weighted by Crippen LogP contribution is 2.53. The first kappa shape index (κ1) is 33.7. The molecule has 4 atom stereocenters. The molecule has 2 aliphatic rings. The Kier molecular flexibility index (Phi) is 9.66. The Bertz CT molecular complexity index is 1880. The second kappa shape index (κ2) is 13.7. The Labute approximate surface area is 288 Å². The molecule has 2 aromatic carbocycles. The van der Waals surface area contributed by atoms with Gasteiger partial charge < -0.3 is 14.1 Å². The molecule has 48 heavy (non-hydrogen) atoms. The molecule has 2 aromatic heterocycles. The van der Waals surface area contributed by atoms with Gasteiger partial charge in [0.25, 0.3) is 5.69 Å². The van der Waals surface area contributed by atoms with Crippen molar-refractivity contribution in [3.05, 3.63) is 116 Å². The molecule has 10 nitrogen and oxygen atoms in total. The van der Waals surface area contributed by atoms with Gasteiger partial charge in [0.05, 0.1) is 28.7 Å². The van der Waals surface area contributed by atoms with Gasteiger partial charge in [0.1, 0.15) is 12.3 Å². The molecule has 0 saturated carbocycles. The number of thioether (sulfide) groups is 1. The van der Waals surface area contributed by atoms with Crippen molar-refractivity contribution < 1.29 is 28.2 Å². The average molecular weight is 702 g/mol. The van der Waals surface area contributed by atoms with E-state index in [1.54, 1.807) is 17.0 Å². The molecule has 4 aromatic rings. The van der Waals surface area contributed by atoms with Gasteiger partial charge in [-0.2, -0.15) is 0 Å². The van der Waals surface area contributed by atoms with Crippen LogP contribution >= 0.6 is 23.1 Å². The Balaban J connectivity index is 1.25. The fourth-order valence-corrected chi connectivity index (χ4v) is 9.66. The molecule has 2 aliphatic heterocycles. The van der Waals surface area contributed by atoms with Gasteiger partial charge in [0.15, 0.2) is 31.6 Å². The molecule has 1 fully saturated rings. The van der Waals surface area contributed by atoms with Crippen LogP contribution in [0.1, 0.15) is 25.0 Å². The zero-order valence-electron chi connectivity index (χ0n) is 27.4. The van der Waals surface area contributed by atoms with Gasteiger partial charge in [-0.15, -0.1) is 11.3 Å². The van der Waals surface area contributed by atoms with Crippen LogP contribution in [0, 0.1) is 22.0 Å². The molecule has 4 heterocycles. The van der Waals surface area contributed by atoms with E-state index < -0.39 is 19.2 Å². The minimum absolute atomic E-state index is 0.0459. The monoisotopic (exact) mass is 701 g/mol. The summed E-state index contributed by atoms with van der Waals surface area (Å²) in [4.78, 5) is 45.3. The van der Waals surface area contributed by atoms with Crippen LogP contribution in [0.15, 0.2) is 99.4 Å². The SMILES string of the molecule is C[C@@H](O[Si](C)(C)C)[C@H]1C(=O)N2C(C(=O)OCc3ccc([N+](=O)[O-])cc3)=C(Sc3nc(-c4cccc(C[n+]5ccccc5)c4)cs3)[C@H](C)[C@H]12. The number of fused-ring (bicyclic) bond motifs is 1. The lowest BCUT2D eigenvalue weighted by Gasteiger charge is -2.48. The molecule has 0 radical (unpaired) electrons. The quantitative estimate of drug-likeness (QED) is 0.0395. The van der Waals surface area contributed by atoms with E-state index in [1.807, 2.05) is 62.0 Å². The number of nitro benzene ring substituents is 1. The van der Waals surface area contributed by atoms with Crippen LogP contribution in [-0.4, -0.2) is 47.1 Å². The third kappa shape index (κ3) is 7.14. The largest absolute Gasteiger partial charge is 0.456 e. The van der Waals surface area contributed by atoms with Crippen LogP contribution in [0.3, 0.4) is 0 Å². The maximum absolute atomic E-state index is 13.8. The van der Waals surface area contributed by atoms with E-state index in [-0.39, 0.29) is 47.9 Å². The first-order valence-corrected chi connectivity index (χ1v) is 20.8. The summed E-state index contributed by atoms with van der Waals surface area (Å²) in [7, 11) is -1.93. The van der Waals surface area contributed by atoms with E-state index in [0.717, 1.165) is 32.6 Å². The summed E-state index contributed by atoms with van der Waals surface area (Å²) in [6, 6.07) is 19.9. The van der Waals surface area contributed by atoms with Gasteiger partial charge in [-0.05, 0) is 50.3 Å². The molecule has 0 unspecified atom stereocenters. The van der Waals surface area contributed by atoms with Crippen molar-refractivity contribution in [2.45, 2.75) is 63.1 Å². The predicted octanol–water partition coefficient (Wildman–Crippen LogP) is 6.82. The predicted molar refractivity (Wildman–Crippen MR) is 186 cm³/mol. The van der Waals surface area contributed by atoms with Gasteiger partial charge >= 0.3 is 5.97 Å². The van der Waals surface area contributed by atoms with Crippen LogP contribution in [0.4, 0.5) is 5.69 Å². The van der Waals surface area contributed by atoms with Crippen molar-refractivity contribution in [1.82, 2.24) is 9.88 Å². The summed E-state index contributed by atoms with van der Waals surface area (Å²) in [5.41, 5.74) is 3.79. The smallest absolute Gasteiger partial charge is 0.356 e. The summed E-state index contributed by atoms with van der Waals surface area (Å²) in [5, 5.41) is 13.1. The number of pyridine rings is 1. The van der Waals surface area contributed by atoms with E-state index in [0.29, 0.717) is 5.56 Å². The number of ether oxygens (including phenoxy) is 1. The third-order valence-corrected chi connectivity index (χ3v) is 11.7. The first-order chi connectivity index (χ1) is 22.9. The highest BCUT2D eigenvalue weighted by atomic mass is 32.2. The number of carbonyl (C=O) groups is 2. The van der Waals surface area contributed by atoms with Gasteiger partial charge in [0, 0.05) is 51.6 Å². The number of rotatable bonds is 12. The van der Waals surface area contributed by atoms with Crippen molar-refractivity contribution in [3.8, 4) is 11.3 Å². The Hall–Kier alpha value is -4.17. The third-order valence-electron chi connectivity index (χ3n) is 8.39. The zero-order valence-corrected chi connectivity index (χ0v) is 30.0. The topological polar surface area (TPSA) is 116 Å². The van der Waals surface area contributed by atoms with Crippen molar-refractivity contribution in [1.29, 1.82) is 0 Å². The van der Waals surface area contributed by atoms with Crippen LogP contribution in [0.25, 0.3) is 11.3 Å². The minimum Gasteiger partial charge on any atom is -0.456 e. The number of nitrogens with zero attached hydrogens (tertiary/aromatic N) is 4. The number of thiazole rings is 1. The highest BCUT2D eigenvalue weighted by molar-refractivity contribution is 8.04. The lowest BCUT2D eigenvalue weighted by Crippen LogP contribution is -2.64. The van der Waals surface area contributed by atoms with Gasteiger partial charge in [-0.3, -0.25) is 14.9 Å². The maximum atomic E-state index is 13.8. The number of amides is 1. The number of nitro groups is 1. The first-order valence-electron chi connectivity index (χ1n) is 15.7. The van der Waals surface area contributed by atoms with Crippen LogP contribution in [0.2, 0.25) is 19.6 Å². The molecule has 13 heteroatoms. The van der Waals surface area contributed by atoms with Crippen LogP contribution in [-0.2, 0) is 31.9 Å². The molecule has 0 spiro atoms. The molecule has 6 rings (SSSR count). The van der Waals surface area contributed by atoms with E-state index in [1.165, 1.54) is 35.2 Å². The van der Waals surface area contributed by atoms with Gasteiger partial charge in [-0.25, -0.2) is 14.3 Å². The summed E-state index contributed by atoms with van der Waals surface area (Å²) in [5.74, 6) is -1.28. The molecule has 1 saturated heterocycles. The number of hydrogen-bond donors (Lipinski definition) is 0. The van der Waals surface area contributed by atoms with Crippen molar-refractivity contribution in [2.24, 2.45) is 11.8 Å². The standard InChI is InChI=1S/C35H37N4O6S2Si/c1-22-30-29(23(2)45-48(3,4)5)33(40)38(30)31(34(41)44-20-24-12-14-27(15-13-24)39(42)43)32(22)47-35-36-28(21-46-35)26-11-9-10-25(18-26)19-37-16-7-6-8-17-37/h6-18,21-23,29-30H,19-20H2,1-5H3/q+1/t22-,23-,29-,30-/m1/s1. The van der Waals surface area contributed by atoms with E-state index >= 15 is 0 Å². The summed E-state index contributed by atoms with van der Waals surface area (Å²) >= 11 is 2.89. The van der Waals surface area contributed by atoms with Crippen molar-refractivity contribution in [3.63, 3.8) is 0 Å². The fraction of sp³-hybridized carbons (Fsp3) is 0.314. The maximum Gasteiger partial charge on any atom is 0.356 e. The molecular weight excluding hydrogens is 665 g/mol. The van der Waals surface area contributed by atoms with Gasteiger partial charge in [-0.1, -0.05) is 43.0 Å². The molecule has 0 bridgehead atoms. The van der Waals surface area contributed by atoms with Crippen molar-refractivity contribution in [2.75, 3.05) is 0 Å². The number of benzene rings is 2. The number of carbonyl (C=O) groups excluding carboxylic acids is 2. The zero-order chi connectivity index (χ0) is 34.2. The van der Waals surface area contributed by atoms with E-state index in [4.69, 9.17) is 14.1 Å². The number of aromatic nitrogens is 2. The highest BCUT2D eigenvalue weighted by Gasteiger charge is 2.61. The second-order valence-electron chi connectivity index (χ2n) is 13.0. The second-order valence-corrected chi connectivity index (χ2v) is 19.6. The Morgan fingerprint density at radius 1 is 1.10 bits per heavy atom. The molecule has 0 aliphatic carbocycles. The number of β-lactam (4-membered cyclic amide) rings is 1. The Morgan fingerprint density at radius 2 is 1.83 bits per heavy atom. The van der Waals surface area contributed by atoms with Gasteiger partial charge in [0.2, 0.25) is 5.91 Å². The lowest BCUT2D eigenvalue weighted by atomic mass is 9.79. The molecule has 0 N–H and O–H groups in total. The summed E-state index contributed by atoms with van der Waals surface area (Å²) in [6.07, 6.45) is 3.78. The van der Waals surface area contributed by atoms with Crippen LogP contribution in [0.5, 0.6) is 0 Å². The van der Waals surface area contributed by atoms with E-state index in [2.05, 4.69) is 36.3 Å². The number of esters is 1. The number of non-ortho nitro benzene ring substituents is 1.